The molecule has 1 aromatic heterocycles. The van der Waals surface area contributed by atoms with Crippen LogP contribution < -0.4 is 9.47 Å². The Labute approximate surface area is 159 Å². The number of nitrogens with one attached hydrogen (secondary N) is 1. The first-order valence-electron chi connectivity index (χ1n) is 10.1. The van der Waals surface area contributed by atoms with Crippen molar-refractivity contribution < 1.29 is 19.0 Å². The summed E-state index contributed by atoms with van der Waals surface area (Å²) in [6.07, 6.45) is 9.21. The molecule has 4 bridgehead atoms. The van der Waals surface area contributed by atoms with E-state index in [0.29, 0.717) is 17.4 Å². The third kappa shape index (κ3) is 2.76. The second-order valence-electron chi connectivity index (χ2n) is 7.83. The van der Waals surface area contributed by atoms with Crippen molar-refractivity contribution in [2.24, 2.45) is 5.92 Å². The summed E-state index contributed by atoms with van der Waals surface area (Å²) in [4.78, 5) is 15.3. The molecule has 0 radical (unpaired) electrons. The number of esters is 1. The molecule has 1 spiro atoms. The third-order valence-corrected chi connectivity index (χ3v) is 6.32. The second-order valence-corrected chi connectivity index (χ2v) is 7.83. The lowest BCUT2D eigenvalue weighted by molar-refractivity contribution is -0.0157. The molecule has 0 saturated carbocycles. The van der Waals surface area contributed by atoms with Gasteiger partial charge in [0.15, 0.2) is 11.5 Å². The van der Waals surface area contributed by atoms with Gasteiger partial charge in [0.05, 0.1) is 0 Å². The van der Waals surface area contributed by atoms with Crippen LogP contribution in [-0.4, -0.2) is 24.2 Å². The summed E-state index contributed by atoms with van der Waals surface area (Å²) >= 11 is 0. The predicted molar refractivity (Wildman–Crippen MR) is 100 cm³/mol. The van der Waals surface area contributed by atoms with E-state index in [0.717, 1.165) is 63.9 Å². The Bertz CT molecular complexity index is 844. The minimum absolute atomic E-state index is 0.239. The second kappa shape index (κ2) is 6.71. The summed E-state index contributed by atoms with van der Waals surface area (Å²) in [7, 11) is 0. The maximum Gasteiger partial charge on any atom is 0.360 e. The van der Waals surface area contributed by atoms with Crippen molar-refractivity contribution >= 4 is 5.97 Å². The van der Waals surface area contributed by atoms with E-state index in [2.05, 4.69) is 11.1 Å². The van der Waals surface area contributed by atoms with Crippen LogP contribution >= 0.6 is 0 Å². The molecule has 5 rings (SSSR count). The van der Waals surface area contributed by atoms with Gasteiger partial charge >= 0.3 is 5.97 Å². The van der Waals surface area contributed by atoms with E-state index in [9.17, 15) is 4.79 Å². The molecular weight excluding hydrogens is 342 g/mol. The van der Waals surface area contributed by atoms with Crippen LogP contribution in [0.1, 0.15) is 60.1 Å². The van der Waals surface area contributed by atoms with Crippen LogP contribution in [0.25, 0.3) is 0 Å². The summed E-state index contributed by atoms with van der Waals surface area (Å²) in [5.41, 5.74) is 2.79. The van der Waals surface area contributed by atoms with Gasteiger partial charge in [-0.1, -0.05) is 6.07 Å². The highest BCUT2D eigenvalue weighted by molar-refractivity contribution is 5.89. The first-order chi connectivity index (χ1) is 13.3. The Balaban J connectivity index is 1.46. The summed E-state index contributed by atoms with van der Waals surface area (Å²) < 4.78 is 18.1. The monoisotopic (exact) mass is 367 g/mol. The molecule has 2 unspecified atom stereocenters. The number of H-pyrrole nitrogens is 1. The van der Waals surface area contributed by atoms with E-state index in [1.165, 1.54) is 11.1 Å². The van der Waals surface area contributed by atoms with Gasteiger partial charge < -0.3 is 19.2 Å². The molecule has 27 heavy (non-hydrogen) atoms. The highest BCUT2D eigenvalue weighted by Gasteiger charge is 2.52. The number of aromatic nitrogens is 1. The Hall–Kier alpha value is -2.27. The van der Waals surface area contributed by atoms with Crippen molar-refractivity contribution in [3.63, 3.8) is 0 Å². The van der Waals surface area contributed by atoms with Crippen molar-refractivity contribution in [3.8, 4) is 11.5 Å². The number of carbonyl (C=O) groups excluding carboxylic acids is 1. The standard InChI is InChI=1S/C22H25NO4/c24-21(18-6-3-12-23-18)26-19-10-9-17-16-8-7-15-5-4-14-25-13-2-1-11-22(15,17)27-20(16)19/h3,6,9-10,12,15,23H,1-2,4-5,7-8,11,13-14H2. The number of hydrogen-bond acceptors (Lipinski definition) is 4. The highest BCUT2D eigenvalue weighted by Crippen LogP contribution is 2.58. The SMILES string of the molecule is O=C(Oc1ccc2c3c1OC21CCCCOCCCC1CC3)c1ccc[nH]1. The molecule has 2 atom stereocenters. The van der Waals surface area contributed by atoms with Gasteiger partial charge in [0.2, 0.25) is 0 Å². The molecule has 2 aromatic rings. The van der Waals surface area contributed by atoms with E-state index < -0.39 is 0 Å². The van der Waals surface area contributed by atoms with Gasteiger partial charge in [-0.05, 0) is 63.1 Å². The molecule has 1 saturated heterocycles. The van der Waals surface area contributed by atoms with Crippen molar-refractivity contribution in [1.29, 1.82) is 0 Å². The number of carbonyl (C=O) groups is 1. The van der Waals surface area contributed by atoms with E-state index in [4.69, 9.17) is 14.2 Å². The van der Waals surface area contributed by atoms with Crippen LogP contribution in [0, 0.1) is 5.92 Å². The normalized spacial score (nSPS) is 26.7. The Kier molecular flexibility index (Phi) is 4.20. The van der Waals surface area contributed by atoms with Gasteiger partial charge in [0, 0.05) is 36.5 Å². The van der Waals surface area contributed by atoms with Crippen molar-refractivity contribution in [2.75, 3.05) is 13.2 Å². The fraction of sp³-hybridized carbons (Fsp3) is 0.500. The molecular formula is C22H25NO4. The third-order valence-electron chi connectivity index (χ3n) is 6.32. The zero-order valence-electron chi connectivity index (χ0n) is 15.5. The molecule has 0 amide bonds. The Morgan fingerprint density at radius 3 is 2.96 bits per heavy atom. The van der Waals surface area contributed by atoms with Crippen LogP contribution in [0.5, 0.6) is 11.5 Å². The maximum absolute atomic E-state index is 12.4. The summed E-state index contributed by atoms with van der Waals surface area (Å²) in [6, 6.07) is 7.56. The maximum atomic E-state index is 12.4. The minimum atomic E-state index is -0.376. The number of rotatable bonds is 2. The van der Waals surface area contributed by atoms with Crippen LogP contribution in [0.4, 0.5) is 0 Å². The molecule has 3 aliphatic rings. The van der Waals surface area contributed by atoms with Crippen LogP contribution in [0.15, 0.2) is 30.5 Å². The molecule has 5 heteroatoms. The molecule has 142 valence electrons. The van der Waals surface area contributed by atoms with Crippen molar-refractivity contribution in [3.05, 3.63) is 47.3 Å². The van der Waals surface area contributed by atoms with E-state index in [-0.39, 0.29) is 11.6 Å². The molecule has 1 fully saturated rings. The van der Waals surface area contributed by atoms with Crippen molar-refractivity contribution in [2.45, 2.75) is 50.5 Å². The molecule has 2 aliphatic heterocycles. The number of hydrogen-bond donors (Lipinski definition) is 1. The first kappa shape index (κ1) is 16.9. The first-order valence-corrected chi connectivity index (χ1v) is 10.1. The number of benzene rings is 1. The van der Waals surface area contributed by atoms with E-state index in [1.807, 2.05) is 6.07 Å². The quantitative estimate of drug-likeness (QED) is 0.633. The van der Waals surface area contributed by atoms with Gasteiger partial charge in [-0.2, -0.15) is 0 Å². The topological polar surface area (TPSA) is 60.6 Å². The lowest BCUT2D eigenvalue weighted by Gasteiger charge is -2.40. The fourth-order valence-corrected chi connectivity index (χ4v) is 5.04. The summed E-state index contributed by atoms with van der Waals surface area (Å²) in [5.74, 6) is 1.46. The van der Waals surface area contributed by atoms with Crippen molar-refractivity contribution in [1.82, 2.24) is 4.98 Å². The van der Waals surface area contributed by atoms with Crippen LogP contribution in [0.2, 0.25) is 0 Å². The predicted octanol–water partition coefficient (Wildman–Crippen LogP) is 4.36. The van der Waals surface area contributed by atoms with E-state index in [1.54, 1.807) is 18.3 Å². The Morgan fingerprint density at radius 2 is 2.07 bits per heavy atom. The van der Waals surface area contributed by atoms with Gasteiger partial charge in [-0.25, -0.2) is 4.79 Å². The van der Waals surface area contributed by atoms with Gasteiger partial charge in [0.25, 0.3) is 0 Å². The largest absolute Gasteiger partial charge is 0.478 e. The minimum Gasteiger partial charge on any atom is -0.478 e. The number of ether oxygens (including phenoxy) is 3. The average Bonchev–Trinajstić information content (AvgIpc) is 3.24. The lowest BCUT2D eigenvalue weighted by atomic mass is 9.69. The van der Waals surface area contributed by atoms with Crippen LogP contribution in [0.3, 0.4) is 0 Å². The molecule has 1 aromatic carbocycles. The Morgan fingerprint density at radius 1 is 1.15 bits per heavy atom. The zero-order valence-corrected chi connectivity index (χ0v) is 15.5. The molecule has 3 heterocycles. The molecule has 1 N–H and O–H groups in total. The van der Waals surface area contributed by atoms with E-state index >= 15 is 0 Å². The molecule has 5 nitrogen and oxygen atoms in total. The van der Waals surface area contributed by atoms with Crippen LogP contribution in [-0.2, 0) is 16.8 Å². The zero-order chi connectivity index (χ0) is 18.3. The summed E-state index contributed by atoms with van der Waals surface area (Å²) in [5, 5.41) is 0. The highest BCUT2D eigenvalue weighted by atomic mass is 16.6. The summed E-state index contributed by atoms with van der Waals surface area (Å²) in [6.45, 7) is 1.68. The molecule has 1 aliphatic carbocycles. The lowest BCUT2D eigenvalue weighted by Crippen LogP contribution is -2.41. The fourth-order valence-electron chi connectivity index (χ4n) is 5.04. The van der Waals surface area contributed by atoms with Gasteiger partial charge in [-0.3, -0.25) is 0 Å². The smallest absolute Gasteiger partial charge is 0.360 e. The average molecular weight is 367 g/mol. The number of aromatic amines is 1. The van der Waals surface area contributed by atoms with Gasteiger partial charge in [-0.15, -0.1) is 0 Å². The van der Waals surface area contributed by atoms with Gasteiger partial charge in [0.1, 0.15) is 11.3 Å².